The van der Waals surface area contributed by atoms with E-state index in [4.69, 9.17) is 4.74 Å². The van der Waals surface area contributed by atoms with E-state index in [1.54, 1.807) is 60.5 Å². The quantitative estimate of drug-likeness (QED) is 0.782. The number of benzene rings is 2. The van der Waals surface area contributed by atoms with E-state index in [2.05, 4.69) is 0 Å². The molecule has 6 nitrogen and oxygen atoms in total. The lowest BCUT2D eigenvalue weighted by Crippen LogP contribution is -2.46. The zero-order valence-corrected chi connectivity index (χ0v) is 15.1. The van der Waals surface area contributed by atoms with Gasteiger partial charge in [-0.1, -0.05) is 24.3 Å². The average molecular weight is 364 g/mol. The summed E-state index contributed by atoms with van der Waals surface area (Å²) in [5.74, 6) is 0.0522. The number of hydrogen-bond acceptors (Lipinski definition) is 4. The van der Waals surface area contributed by atoms with Crippen LogP contribution in [0.15, 0.2) is 48.5 Å². The van der Waals surface area contributed by atoms with Crippen LogP contribution in [0.4, 0.5) is 5.69 Å². The normalized spacial score (nSPS) is 18.8. The molecule has 2 amide bonds. The number of para-hydroxylation sites is 1. The van der Waals surface area contributed by atoms with Gasteiger partial charge in [0.2, 0.25) is 5.91 Å². The minimum Gasteiger partial charge on any atom is -0.497 e. The number of fused-ring (bicyclic) bond motifs is 2. The number of Topliss-reactive ketones (excluding diaryl/α,β-unsaturated/α-hetero) is 1. The fraction of sp³-hybridized carbons (Fsp3) is 0.286. The van der Waals surface area contributed by atoms with Crippen molar-refractivity contribution < 1.29 is 19.1 Å². The van der Waals surface area contributed by atoms with Gasteiger partial charge in [-0.05, 0) is 37.1 Å². The van der Waals surface area contributed by atoms with E-state index in [0.29, 0.717) is 35.5 Å². The number of rotatable bonds is 4. The van der Waals surface area contributed by atoms with E-state index in [1.807, 2.05) is 0 Å². The fourth-order valence-corrected chi connectivity index (χ4v) is 3.80. The Hall–Kier alpha value is -3.15. The maximum absolute atomic E-state index is 13.2. The third-order valence-electron chi connectivity index (χ3n) is 5.18. The third-order valence-corrected chi connectivity index (χ3v) is 5.18. The summed E-state index contributed by atoms with van der Waals surface area (Å²) in [6.07, 6.45) is 1.42. The van der Waals surface area contributed by atoms with Crippen LogP contribution in [0.3, 0.4) is 0 Å². The molecule has 0 saturated carbocycles. The lowest BCUT2D eigenvalue weighted by atomic mass is 10.1. The Morgan fingerprint density at radius 3 is 2.78 bits per heavy atom. The minimum absolute atomic E-state index is 0.110. The van der Waals surface area contributed by atoms with Gasteiger partial charge in [-0.15, -0.1) is 0 Å². The summed E-state index contributed by atoms with van der Waals surface area (Å²) in [7, 11) is 1.54. The summed E-state index contributed by atoms with van der Waals surface area (Å²) in [4.78, 5) is 42.0. The molecule has 4 rings (SSSR count). The molecule has 2 aliphatic rings. The summed E-state index contributed by atoms with van der Waals surface area (Å²) < 4.78 is 5.18. The van der Waals surface area contributed by atoms with Crippen molar-refractivity contribution in [3.63, 3.8) is 0 Å². The molecule has 0 radical (unpaired) electrons. The first kappa shape index (κ1) is 17.3. The van der Waals surface area contributed by atoms with E-state index >= 15 is 0 Å². The zero-order valence-electron chi connectivity index (χ0n) is 15.1. The standard InChI is InChI=1S/C21H20N2O4/c1-27-15-7-4-6-14(12-15)19(24)13-23-17-9-3-2-8-16(17)20(25)22-11-5-10-18(22)21(23)26/h2-4,6-9,12,18H,5,10-11,13H2,1H3. The number of anilines is 1. The first-order valence-corrected chi connectivity index (χ1v) is 8.99. The van der Waals surface area contributed by atoms with Gasteiger partial charge in [0.05, 0.1) is 24.9 Å². The van der Waals surface area contributed by atoms with Gasteiger partial charge in [0.25, 0.3) is 5.91 Å². The molecule has 1 unspecified atom stereocenters. The van der Waals surface area contributed by atoms with E-state index in [9.17, 15) is 14.4 Å². The first-order valence-electron chi connectivity index (χ1n) is 8.99. The minimum atomic E-state index is -0.497. The Kier molecular flexibility index (Phi) is 4.39. The van der Waals surface area contributed by atoms with Gasteiger partial charge < -0.3 is 14.5 Å². The molecule has 1 atom stereocenters. The van der Waals surface area contributed by atoms with Crippen LogP contribution < -0.4 is 9.64 Å². The number of carbonyl (C=O) groups is 3. The van der Waals surface area contributed by atoms with Gasteiger partial charge in [0.1, 0.15) is 11.8 Å². The second-order valence-corrected chi connectivity index (χ2v) is 6.75. The van der Waals surface area contributed by atoms with Crippen LogP contribution in [-0.4, -0.2) is 48.7 Å². The van der Waals surface area contributed by atoms with Crippen molar-refractivity contribution in [3.05, 3.63) is 59.7 Å². The number of carbonyl (C=O) groups excluding carboxylic acids is 3. The van der Waals surface area contributed by atoms with Gasteiger partial charge >= 0.3 is 0 Å². The second-order valence-electron chi connectivity index (χ2n) is 6.75. The maximum Gasteiger partial charge on any atom is 0.256 e. The monoisotopic (exact) mass is 364 g/mol. The lowest BCUT2D eigenvalue weighted by molar-refractivity contribution is -0.122. The molecule has 1 fully saturated rings. The molecule has 2 aromatic rings. The third kappa shape index (κ3) is 2.97. The van der Waals surface area contributed by atoms with Gasteiger partial charge in [0.15, 0.2) is 5.78 Å². The van der Waals surface area contributed by atoms with Crippen LogP contribution in [0.1, 0.15) is 33.6 Å². The summed E-state index contributed by atoms with van der Waals surface area (Å²) in [5.41, 5.74) is 1.44. The maximum atomic E-state index is 13.2. The Labute approximate surface area is 157 Å². The summed E-state index contributed by atoms with van der Waals surface area (Å²) in [5, 5.41) is 0. The van der Waals surface area contributed by atoms with E-state index in [-0.39, 0.29) is 24.1 Å². The molecule has 0 aromatic heterocycles. The van der Waals surface area contributed by atoms with Crippen LogP contribution in [0.5, 0.6) is 5.75 Å². The van der Waals surface area contributed by atoms with Gasteiger partial charge in [-0.3, -0.25) is 14.4 Å². The lowest BCUT2D eigenvalue weighted by Gasteiger charge is -2.25. The summed E-state index contributed by atoms with van der Waals surface area (Å²) in [6.45, 7) is 0.460. The van der Waals surface area contributed by atoms with Crippen LogP contribution in [0.25, 0.3) is 0 Å². The molecule has 0 bridgehead atoms. The smallest absolute Gasteiger partial charge is 0.256 e. The van der Waals surface area contributed by atoms with Crippen LogP contribution in [0.2, 0.25) is 0 Å². The van der Waals surface area contributed by atoms with Crippen LogP contribution >= 0.6 is 0 Å². The summed E-state index contributed by atoms with van der Waals surface area (Å²) in [6, 6.07) is 13.4. The molecule has 2 aliphatic heterocycles. The number of ether oxygens (including phenoxy) is 1. The van der Waals surface area contributed by atoms with Crippen molar-refractivity contribution in [1.29, 1.82) is 0 Å². The molecular weight excluding hydrogens is 344 g/mol. The van der Waals surface area contributed by atoms with Gasteiger partial charge in [-0.25, -0.2) is 0 Å². The number of ketones is 1. The molecule has 1 saturated heterocycles. The second kappa shape index (κ2) is 6.87. The van der Waals surface area contributed by atoms with Crippen LogP contribution in [0, 0.1) is 0 Å². The van der Waals surface area contributed by atoms with Crippen molar-refractivity contribution in [2.75, 3.05) is 25.1 Å². The molecular formula is C21H20N2O4. The molecule has 2 heterocycles. The predicted octanol–water partition coefficient (Wildman–Crippen LogP) is 2.53. The predicted molar refractivity (Wildman–Crippen MR) is 100 cm³/mol. The van der Waals surface area contributed by atoms with Gasteiger partial charge in [-0.2, -0.15) is 0 Å². The Balaban J connectivity index is 1.71. The fourth-order valence-electron chi connectivity index (χ4n) is 3.80. The zero-order chi connectivity index (χ0) is 19.0. The molecule has 2 aromatic carbocycles. The number of amides is 2. The number of nitrogens with zero attached hydrogens (tertiary/aromatic N) is 2. The number of methoxy groups -OCH3 is 1. The van der Waals surface area contributed by atoms with Crippen LogP contribution in [-0.2, 0) is 4.79 Å². The Morgan fingerprint density at radius 1 is 1.15 bits per heavy atom. The molecule has 138 valence electrons. The Morgan fingerprint density at radius 2 is 1.96 bits per heavy atom. The molecule has 0 aliphatic carbocycles. The SMILES string of the molecule is COc1cccc(C(=O)CN2C(=O)C3CCCN3C(=O)c3ccccc32)c1. The van der Waals surface area contributed by atoms with Crippen molar-refractivity contribution in [2.24, 2.45) is 0 Å². The number of hydrogen-bond donors (Lipinski definition) is 0. The van der Waals surface area contributed by atoms with Crippen molar-refractivity contribution in [3.8, 4) is 5.75 Å². The van der Waals surface area contributed by atoms with E-state index < -0.39 is 6.04 Å². The molecule has 0 spiro atoms. The summed E-state index contributed by atoms with van der Waals surface area (Å²) >= 11 is 0. The molecule has 6 heteroatoms. The molecule has 27 heavy (non-hydrogen) atoms. The highest BCUT2D eigenvalue weighted by Crippen LogP contribution is 2.32. The molecule has 0 N–H and O–H groups in total. The van der Waals surface area contributed by atoms with Crippen molar-refractivity contribution in [2.45, 2.75) is 18.9 Å². The highest BCUT2D eigenvalue weighted by atomic mass is 16.5. The highest BCUT2D eigenvalue weighted by Gasteiger charge is 2.42. The van der Waals surface area contributed by atoms with Crippen molar-refractivity contribution in [1.82, 2.24) is 4.90 Å². The van der Waals surface area contributed by atoms with E-state index in [0.717, 1.165) is 6.42 Å². The van der Waals surface area contributed by atoms with E-state index in [1.165, 1.54) is 4.90 Å². The largest absolute Gasteiger partial charge is 0.497 e. The Bertz CT molecular complexity index is 924. The first-order chi connectivity index (χ1) is 13.1. The average Bonchev–Trinajstić information content (AvgIpc) is 3.18. The van der Waals surface area contributed by atoms with Gasteiger partial charge in [0, 0.05) is 12.1 Å². The van der Waals surface area contributed by atoms with Crippen molar-refractivity contribution >= 4 is 23.3 Å². The highest BCUT2D eigenvalue weighted by molar-refractivity contribution is 6.14. The topological polar surface area (TPSA) is 66.9 Å².